The molecule has 2 rings (SSSR count). The van der Waals surface area contributed by atoms with E-state index in [-0.39, 0.29) is 5.91 Å². The first-order valence-electron chi connectivity index (χ1n) is 7.59. The summed E-state index contributed by atoms with van der Waals surface area (Å²) in [6.07, 6.45) is 1.16. The molecule has 0 aliphatic carbocycles. The average Bonchev–Trinajstić information content (AvgIpc) is 2.51. The number of carbonyl (C=O) groups excluding carboxylic acids is 1. The van der Waals surface area contributed by atoms with Gasteiger partial charge in [-0.25, -0.2) is 0 Å². The third kappa shape index (κ3) is 3.29. The smallest absolute Gasteiger partial charge is 0.257 e. The lowest BCUT2D eigenvalue weighted by Crippen LogP contribution is -2.42. The number of methoxy groups -OCH3 is 3. The third-order valence-corrected chi connectivity index (χ3v) is 4.09. The minimum Gasteiger partial charge on any atom is -0.496 e. The minimum absolute atomic E-state index is 0.0174. The van der Waals surface area contributed by atoms with E-state index in [1.165, 1.54) is 0 Å². The van der Waals surface area contributed by atoms with Crippen molar-refractivity contribution in [2.75, 3.05) is 34.4 Å². The van der Waals surface area contributed by atoms with Gasteiger partial charge in [0.25, 0.3) is 5.91 Å². The lowest BCUT2D eigenvalue weighted by molar-refractivity contribution is 0.0619. The number of hydrogen-bond donors (Lipinski definition) is 0. The predicted octanol–water partition coefficient (Wildman–Crippen LogP) is 2.83. The number of carbonyl (C=O) groups is 1. The number of benzene rings is 1. The van der Waals surface area contributed by atoms with Crippen LogP contribution in [0.3, 0.4) is 0 Å². The molecule has 1 saturated heterocycles. The molecule has 1 aromatic rings. The molecular formula is C17H25NO4. The molecule has 1 heterocycles. The van der Waals surface area contributed by atoms with Crippen molar-refractivity contribution in [3.05, 3.63) is 17.7 Å². The van der Waals surface area contributed by atoms with E-state index in [0.29, 0.717) is 34.6 Å². The Labute approximate surface area is 132 Å². The summed E-state index contributed by atoms with van der Waals surface area (Å²) in [4.78, 5) is 14.8. The predicted molar refractivity (Wildman–Crippen MR) is 84.9 cm³/mol. The Bertz CT molecular complexity index is 534. The molecule has 0 radical (unpaired) electrons. The molecule has 0 N–H and O–H groups in total. The van der Waals surface area contributed by atoms with Crippen LogP contribution in [-0.2, 0) is 0 Å². The number of amides is 1. The van der Waals surface area contributed by atoms with E-state index in [1.54, 1.807) is 33.5 Å². The zero-order valence-corrected chi connectivity index (χ0v) is 14.0. The Morgan fingerprint density at radius 2 is 1.45 bits per heavy atom. The number of piperidine rings is 1. The quantitative estimate of drug-likeness (QED) is 0.858. The molecule has 1 aliphatic heterocycles. The summed E-state index contributed by atoms with van der Waals surface area (Å²) in [7, 11) is 4.68. The van der Waals surface area contributed by atoms with Gasteiger partial charge in [-0.1, -0.05) is 13.8 Å². The van der Waals surface area contributed by atoms with Crippen molar-refractivity contribution in [2.24, 2.45) is 11.8 Å². The molecular weight excluding hydrogens is 282 g/mol. The van der Waals surface area contributed by atoms with E-state index in [1.807, 2.05) is 4.90 Å². The van der Waals surface area contributed by atoms with Gasteiger partial charge in [0.05, 0.1) is 26.9 Å². The van der Waals surface area contributed by atoms with Crippen LogP contribution >= 0.6 is 0 Å². The van der Waals surface area contributed by atoms with Gasteiger partial charge in [-0.05, 0) is 18.3 Å². The molecule has 2 atom stereocenters. The average molecular weight is 307 g/mol. The number of likely N-dealkylation sites (tertiary alicyclic amines) is 1. The van der Waals surface area contributed by atoms with E-state index in [9.17, 15) is 4.79 Å². The molecule has 1 aromatic carbocycles. The molecule has 0 saturated carbocycles. The minimum atomic E-state index is -0.0174. The Kier molecular flexibility index (Phi) is 5.16. The lowest BCUT2D eigenvalue weighted by atomic mass is 9.91. The van der Waals surface area contributed by atoms with Gasteiger partial charge in [-0.15, -0.1) is 0 Å². The summed E-state index contributed by atoms with van der Waals surface area (Å²) < 4.78 is 15.9. The standard InChI is InChI=1S/C17H25NO4/c1-11-6-12(2)10-18(9-11)17(19)13-7-15(21-4)16(22-5)8-14(13)20-3/h7-8,11-12H,6,9-10H2,1-5H3. The van der Waals surface area contributed by atoms with Crippen molar-refractivity contribution in [1.82, 2.24) is 4.90 Å². The first-order valence-corrected chi connectivity index (χ1v) is 7.59. The van der Waals surface area contributed by atoms with Crippen molar-refractivity contribution < 1.29 is 19.0 Å². The van der Waals surface area contributed by atoms with Crippen molar-refractivity contribution in [3.63, 3.8) is 0 Å². The molecule has 0 bridgehead atoms. The molecule has 2 unspecified atom stereocenters. The maximum absolute atomic E-state index is 12.9. The summed E-state index contributed by atoms with van der Waals surface area (Å²) in [6.45, 7) is 5.92. The van der Waals surface area contributed by atoms with Gasteiger partial charge in [-0.2, -0.15) is 0 Å². The maximum Gasteiger partial charge on any atom is 0.257 e. The van der Waals surface area contributed by atoms with Crippen LogP contribution in [0.15, 0.2) is 12.1 Å². The molecule has 1 aliphatic rings. The van der Waals surface area contributed by atoms with Crippen LogP contribution < -0.4 is 14.2 Å². The molecule has 22 heavy (non-hydrogen) atoms. The SMILES string of the molecule is COc1cc(OC)c(C(=O)N2CC(C)CC(C)C2)cc1OC. The zero-order valence-electron chi connectivity index (χ0n) is 14.0. The van der Waals surface area contributed by atoms with Crippen LogP contribution in [0.5, 0.6) is 17.2 Å². The molecule has 5 nitrogen and oxygen atoms in total. The Balaban J connectivity index is 2.35. The van der Waals surface area contributed by atoms with E-state index < -0.39 is 0 Å². The van der Waals surface area contributed by atoms with Crippen LogP contribution in [0.4, 0.5) is 0 Å². The Morgan fingerprint density at radius 3 is 1.95 bits per heavy atom. The molecule has 5 heteroatoms. The summed E-state index contributed by atoms with van der Waals surface area (Å²) in [5.41, 5.74) is 0.515. The second-order valence-electron chi connectivity index (χ2n) is 6.06. The van der Waals surface area contributed by atoms with Crippen LogP contribution in [0.25, 0.3) is 0 Å². The summed E-state index contributed by atoms with van der Waals surface area (Å²) in [5, 5.41) is 0. The van der Waals surface area contributed by atoms with Crippen molar-refractivity contribution >= 4 is 5.91 Å². The molecule has 0 aromatic heterocycles. The van der Waals surface area contributed by atoms with E-state index in [2.05, 4.69) is 13.8 Å². The van der Waals surface area contributed by atoms with Crippen LogP contribution in [0, 0.1) is 11.8 Å². The number of nitrogens with zero attached hydrogens (tertiary/aromatic N) is 1. The highest BCUT2D eigenvalue weighted by atomic mass is 16.5. The summed E-state index contributed by atoms with van der Waals surface area (Å²) in [6, 6.07) is 3.40. The van der Waals surface area contributed by atoms with Crippen LogP contribution in [0.1, 0.15) is 30.6 Å². The second kappa shape index (κ2) is 6.90. The van der Waals surface area contributed by atoms with E-state index in [0.717, 1.165) is 19.5 Å². The van der Waals surface area contributed by atoms with Crippen LogP contribution in [0.2, 0.25) is 0 Å². The van der Waals surface area contributed by atoms with E-state index >= 15 is 0 Å². The maximum atomic E-state index is 12.9. The lowest BCUT2D eigenvalue weighted by Gasteiger charge is -2.35. The van der Waals surface area contributed by atoms with E-state index in [4.69, 9.17) is 14.2 Å². The van der Waals surface area contributed by atoms with Gasteiger partial charge in [0, 0.05) is 25.2 Å². The Morgan fingerprint density at radius 1 is 0.955 bits per heavy atom. The fraction of sp³-hybridized carbons (Fsp3) is 0.588. The highest BCUT2D eigenvalue weighted by Gasteiger charge is 2.28. The molecule has 1 amide bonds. The molecule has 1 fully saturated rings. The van der Waals surface area contributed by atoms with Gasteiger partial charge >= 0.3 is 0 Å². The molecule has 0 spiro atoms. The number of rotatable bonds is 4. The highest BCUT2D eigenvalue weighted by Crippen LogP contribution is 2.36. The zero-order chi connectivity index (χ0) is 16.3. The fourth-order valence-corrected chi connectivity index (χ4v) is 3.20. The van der Waals surface area contributed by atoms with Crippen molar-refractivity contribution in [2.45, 2.75) is 20.3 Å². The number of hydrogen-bond acceptors (Lipinski definition) is 4. The van der Waals surface area contributed by atoms with Gasteiger partial charge in [0.15, 0.2) is 11.5 Å². The van der Waals surface area contributed by atoms with Gasteiger partial charge in [-0.3, -0.25) is 4.79 Å². The largest absolute Gasteiger partial charge is 0.496 e. The van der Waals surface area contributed by atoms with Crippen molar-refractivity contribution in [3.8, 4) is 17.2 Å². The third-order valence-electron chi connectivity index (χ3n) is 4.09. The van der Waals surface area contributed by atoms with Gasteiger partial charge in [0.1, 0.15) is 5.75 Å². The first kappa shape index (κ1) is 16.5. The summed E-state index contributed by atoms with van der Waals surface area (Å²) >= 11 is 0. The fourth-order valence-electron chi connectivity index (χ4n) is 3.20. The van der Waals surface area contributed by atoms with Gasteiger partial charge < -0.3 is 19.1 Å². The highest BCUT2D eigenvalue weighted by molar-refractivity contribution is 5.98. The molecule has 122 valence electrons. The van der Waals surface area contributed by atoms with Crippen LogP contribution in [-0.4, -0.2) is 45.2 Å². The van der Waals surface area contributed by atoms with Crippen molar-refractivity contribution in [1.29, 1.82) is 0 Å². The second-order valence-corrected chi connectivity index (χ2v) is 6.06. The Hall–Kier alpha value is -1.91. The monoisotopic (exact) mass is 307 g/mol. The summed E-state index contributed by atoms with van der Waals surface area (Å²) in [5.74, 6) is 2.60. The number of ether oxygens (including phenoxy) is 3. The topological polar surface area (TPSA) is 48.0 Å². The normalized spacial score (nSPS) is 21.4. The first-order chi connectivity index (χ1) is 10.5. The van der Waals surface area contributed by atoms with Gasteiger partial charge in [0.2, 0.25) is 0 Å².